The second kappa shape index (κ2) is 11.7. The van der Waals surface area contributed by atoms with Gasteiger partial charge in [0, 0.05) is 20.6 Å². The van der Waals surface area contributed by atoms with Crippen LogP contribution < -0.4 is 10.9 Å². The fourth-order valence-corrected chi connectivity index (χ4v) is 4.43. The predicted molar refractivity (Wildman–Crippen MR) is 139 cm³/mol. The summed E-state index contributed by atoms with van der Waals surface area (Å²) in [5.74, 6) is -0.103. The zero-order valence-electron chi connectivity index (χ0n) is 20.2. The van der Waals surface area contributed by atoms with E-state index < -0.39 is 5.25 Å². The molecule has 0 aliphatic carbocycles. The molecule has 1 aromatic heterocycles. The first-order chi connectivity index (χ1) is 16.3. The fraction of sp³-hybridized carbons (Fsp3) is 0.346. The molecule has 0 aliphatic rings. The molecule has 2 amide bonds. The maximum atomic E-state index is 13.0. The lowest BCUT2D eigenvalue weighted by molar-refractivity contribution is -0.127. The summed E-state index contributed by atoms with van der Waals surface area (Å²) in [5, 5.41) is 2.30. The summed E-state index contributed by atoms with van der Waals surface area (Å²) < 4.78 is 3.25. The standard InChI is InChI=1S/C26H32N4O3S/c1-19-24(26(33)30(29(19)4)22-15-9-6-10-16-22)27-25(32)20(2)34-18-23(31)28(3)17-11-14-21-12-7-5-8-13-21/h5-10,12-13,15-16,20H,11,14,17-18H2,1-4H3,(H,27,32). The Morgan fingerprint density at radius 2 is 1.68 bits per heavy atom. The molecular formula is C26H32N4O3S. The second-order valence-corrected chi connectivity index (χ2v) is 9.61. The van der Waals surface area contributed by atoms with E-state index in [1.54, 1.807) is 37.5 Å². The minimum absolute atomic E-state index is 0.0139. The Morgan fingerprint density at radius 1 is 1.06 bits per heavy atom. The van der Waals surface area contributed by atoms with Crippen LogP contribution in [0.2, 0.25) is 0 Å². The maximum Gasteiger partial charge on any atom is 0.295 e. The summed E-state index contributed by atoms with van der Waals surface area (Å²) >= 11 is 1.27. The van der Waals surface area contributed by atoms with E-state index in [9.17, 15) is 14.4 Å². The number of carbonyl (C=O) groups excluding carboxylic acids is 2. The lowest BCUT2D eigenvalue weighted by Gasteiger charge is -2.18. The monoisotopic (exact) mass is 480 g/mol. The van der Waals surface area contributed by atoms with Crippen molar-refractivity contribution in [2.24, 2.45) is 7.05 Å². The highest BCUT2D eigenvalue weighted by molar-refractivity contribution is 8.01. The summed E-state index contributed by atoms with van der Waals surface area (Å²) in [5.41, 5.74) is 2.61. The number of thioether (sulfide) groups is 1. The Balaban J connectivity index is 1.52. The lowest BCUT2D eigenvalue weighted by Crippen LogP contribution is -2.32. The maximum absolute atomic E-state index is 13.0. The van der Waals surface area contributed by atoms with E-state index in [1.165, 1.54) is 22.0 Å². The average molecular weight is 481 g/mol. The summed E-state index contributed by atoms with van der Waals surface area (Å²) in [4.78, 5) is 40.0. The Kier molecular flexibility index (Phi) is 8.76. The van der Waals surface area contributed by atoms with Gasteiger partial charge in [-0.05, 0) is 44.4 Å². The van der Waals surface area contributed by atoms with Crippen LogP contribution in [0, 0.1) is 6.92 Å². The number of anilines is 1. The van der Waals surface area contributed by atoms with Gasteiger partial charge in [0.2, 0.25) is 11.8 Å². The molecule has 8 heteroatoms. The van der Waals surface area contributed by atoms with Gasteiger partial charge in [0.25, 0.3) is 5.56 Å². The minimum Gasteiger partial charge on any atom is -0.345 e. The van der Waals surface area contributed by atoms with E-state index in [-0.39, 0.29) is 28.8 Å². The van der Waals surface area contributed by atoms with Crippen molar-refractivity contribution in [2.75, 3.05) is 24.7 Å². The molecule has 34 heavy (non-hydrogen) atoms. The molecule has 7 nitrogen and oxygen atoms in total. The van der Waals surface area contributed by atoms with Crippen molar-refractivity contribution < 1.29 is 9.59 Å². The fourth-order valence-electron chi connectivity index (χ4n) is 3.61. The van der Waals surface area contributed by atoms with E-state index >= 15 is 0 Å². The van der Waals surface area contributed by atoms with Crippen LogP contribution >= 0.6 is 11.8 Å². The summed E-state index contributed by atoms with van der Waals surface area (Å²) in [6, 6.07) is 19.5. The predicted octanol–water partition coefficient (Wildman–Crippen LogP) is 3.64. The van der Waals surface area contributed by atoms with E-state index in [0.717, 1.165) is 18.5 Å². The first kappa shape index (κ1) is 25.4. The van der Waals surface area contributed by atoms with Crippen LogP contribution in [0.5, 0.6) is 0 Å². The van der Waals surface area contributed by atoms with Gasteiger partial charge in [0.05, 0.1) is 22.4 Å². The van der Waals surface area contributed by atoms with E-state index in [1.807, 2.05) is 48.5 Å². The van der Waals surface area contributed by atoms with Gasteiger partial charge in [0.1, 0.15) is 5.69 Å². The van der Waals surface area contributed by atoms with Crippen LogP contribution in [0.3, 0.4) is 0 Å². The molecule has 1 atom stereocenters. The number of nitrogens with one attached hydrogen (secondary N) is 1. The number of hydrogen-bond donors (Lipinski definition) is 1. The highest BCUT2D eigenvalue weighted by atomic mass is 32.2. The molecule has 0 saturated carbocycles. The molecule has 0 aliphatic heterocycles. The molecule has 1 unspecified atom stereocenters. The average Bonchev–Trinajstić information content (AvgIpc) is 3.06. The lowest BCUT2D eigenvalue weighted by atomic mass is 10.1. The van der Waals surface area contributed by atoms with Crippen LogP contribution in [0.25, 0.3) is 5.69 Å². The number of carbonyl (C=O) groups is 2. The van der Waals surface area contributed by atoms with Gasteiger partial charge in [-0.25, -0.2) is 4.68 Å². The van der Waals surface area contributed by atoms with Crippen molar-refractivity contribution >= 4 is 29.3 Å². The zero-order chi connectivity index (χ0) is 24.7. The van der Waals surface area contributed by atoms with Crippen molar-refractivity contribution in [3.63, 3.8) is 0 Å². The first-order valence-electron chi connectivity index (χ1n) is 11.3. The van der Waals surface area contributed by atoms with Crippen LogP contribution in [0.15, 0.2) is 65.5 Å². The van der Waals surface area contributed by atoms with Crippen LogP contribution in [-0.4, -0.2) is 50.7 Å². The minimum atomic E-state index is -0.481. The summed E-state index contributed by atoms with van der Waals surface area (Å²) in [6.07, 6.45) is 1.80. The molecule has 1 heterocycles. The Morgan fingerprint density at radius 3 is 2.32 bits per heavy atom. The summed E-state index contributed by atoms with van der Waals surface area (Å²) in [6.45, 7) is 4.20. The smallest absolute Gasteiger partial charge is 0.295 e. The number of rotatable bonds is 10. The van der Waals surface area contributed by atoms with E-state index in [2.05, 4.69) is 17.4 Å². The van der Waals surface area contributed by atoms with E-state index in [4.69, 9.17) is 0 Å². The zero-order valence-corrected chi connectivity index (χ0v) is 21.0. The van der Waals surface area contributed by atoms with Crippen LogP contribution in [-0.2, 0) is 23.1 Å². The van der Waals surface area contributed by atoms with Crippen molar-refractivity contribution in [1.82, 2.24) is 14.3 Å². The largest absolute Gasteiger partial charge is 0.345 e. The van der Waals surface area contributed by atoms with Crippen LogP contribution in [0.4, 0.5) is 5.69 Å². The summed E-state index contributed by atoms with van der Waals surface area (Å²) in [7, 11) is 3.57. The second-order valence-electron chi connectivity index (χ2n) is 8.28. The molecule has 0 spiro atoms. The van der Waals surface area contributed by atoms with Gasteiger partial charge in [-0.1, -0.05) is 48.5 Å². The number of hydrogen-bond acceptors (Lipinski definition) is 4. The van der Waals surface area contributed by atoms with Crippen molar-refractivity contribution in [1.29, 1.82) is 0 Å². The van der Waals surface area contributed by atoms with Gasteiger partial charge in [-0.3, -0.25) is 19.1 Å². The molecule has 3 rings (SSSR count). The third kappa shape index (κ3) is 6.20. The number of benzene rings is 2. The third-order valence-electron chi connectivity index (χ3n) is 5.86. The quantitative estimate of drug-likeness (QED) is 0.481. The molecule has 1 N–H and O–H groups in total. The van der Waals surface area contributed by atoms with Gasteiger partial charge in [-0.2, -0.15) is 0 Å². The molecule has 2 aromatic carbocycles. The number of amides is 2. The van der Waals surface area contributed by atoms with Crippen molar-refractivity contribution in [2.45, 2.75) is 31.9 Å². The van der Waals surface area contributed by atoms with Gasteiger partial charge >= 0.3 is 0 Å². The van der Waals surface area contributed by atoms with Crippen LogP contribution in [0.1, 0.15) is 24.6 Å². The Hall–Kier alpha value is -3.26. The van der Waals surface area contributed by atoms with E-state index in [0.29, 0.717) is 12.2 Å². The number of aromatic nitrogens is 2. The molecule has 0 radical (unpaired) electrons. The third-order valence-corrected chi connectivity index (χ3v) is 6.98. The SMILES string of the molecule is Cc1c(NC(=O)C(C)SCC(=O)N(C)CCCc2ccccc2)c(=O)n(-c2ccccc2)n1C. The number of aryl methyl sites for hydroxylation is 1. The molecular weight excluding hydrogens is 448 g/mol. The van der Waals surface area contributed by atoms with Gasteiger partial charge in [-0.15, -0.1) is 11.8 Å². The highest BCUT2D eigenvalue weighted by Crippen LogP contribution is 2.17. The topological polar surface area (TPSA) is 76.3 Å². The molecule has 180 valence electrons. The van der Waals surface area contributed by atoms with Crippen molar-refractivity contribution in [3.05, 3.63) is 82.3 Å². The molecule has 0 bridgehead atoms. The molecule has 0 fully saturated rings. The normalized spacial score (nSPS) is 11.8. The van der Waals surface area contributed by atoms with Crippen molar-refractivity contribution in [3.8, 4) is 5.69 Å². The Labute approximate surface area is 204 Å². The van der Waals surface area contributed by atoms with Gasteiger partial charge < -0.3 is 10.2 Å². The molecule has 3 aromatic rings. The molecule has 0 saturated heterocycles. The van der Waals surface area contributed by atoms with Gasteiger partial charge in [0.15, 0.2) is 0 Å². The Bertz CT molecular complexity index is 1170. The number of para-hydroxylation sites is 1. The first-order valence-corrected chi connectivity index (χ1v) is 12.4. The number of nitrogens with zero attached hydrogens (tertiary/aromatic N) is 3. The highest BCUT2D eigenvalue weighted by Gasteiger charge is 2.22.